The van der Waals surface area contributed by atoms with Crippen LogP contribution in [0.1, 0.15) is 26.5 Å². The average Bonchev–Trinajstić information content (AvgIpc) is 2.86. The zero-order chi connectivity index (χ0) is 14.6. The summed E-state index contributed by atoms with van der Waals surface area (Å²) in [6.07, 6.45) is 3.31. The molecule has 2 aromatic rings. The topological polar surface area (TPSA) is 67.8 Å². The van der Waals surface area contributed by atoms with Crippen molar-refractivity contribution in [3.63, 3.8) is 0 Å². The van der Waals surface area contributed by atoms with Gasteiger partial charge in [0.25, 0.3) is 0 Å². The molecular formula is C13H16N4OS2. The van der Waals surface area contributed by atoms with E-state index in [1.807, 2.05) is 5.38 Å². The Labute approximate surface area is 126 Å². The van der Waals surface area contributed by atoms with Crippen molar-refractivity contribution >= 4 is 34.1 Å². The SMILES string of the molecule is CC(C)(C)c1csc(NC(=O)CSc2ncccn2)n1. The number of thioether (sulfide) groups is 1. The highest BCUT2D eigenvalue weighted by molar-refractivity contribution is 7.99. The van der Waals surface area contributed by atoms with Crippen molar-refractivity contribution in [2.45, 2.75) is 31.3 Å². The van der Waals surface area contributed by atoms with Gasteiger partial charge in [-0.25, -0.2) is 15.0 Å². The highest BCUT2D eigenvalue weighted by Gasteiger charge is 2.18. The van der Waals surface area contributed by atoms with Crippen LogP contribution in [0.25, 0.3) is 0 Å². The predicted molar refractivity (Wildman–Crippen MR) is 82.2 cm³/mol. The maximum Gasteiger partial charge on any atom is 0.236 e. The van der Waals surface area contributed by atoms with E-state index >= 15 is 0 Å². The number of anilines is 1. The van der Waals surface area contributed by atoms with E-state index in [-0.39, 0.29) is 17.1 Å². The van der Waals surface area contributed by atoms with Crippen molar-refractivity contribution in [3.05, 3.63) is 29.5 Å². The molecule has 0 radical (unpaired) electrons. The first-order valence-corrected chi connectivity index (χ1v) is 7.97. The minimum absolute atomic E-state index is 0.00783. The zero-order valence-corrected chi connectivity index (χ0v) is 13.2. The van der Waals surface area contributed by atoms with Crippen molar-refractivity contribution in [1.82, 2.24) is 15.0 Å². The molecule has 0 spiro atoms. The molecule has 0 aliphatic carbocycles. The summed E-state index contributed by atoms with van der Waals surface area (Å²) in [4.78, 5) is 24.4. The molecule has 0 atom stereocenters. The minimum atomic E-state index is -0.0998. The number of hydrogen-bond donors (Lipinski definition) is 1. The van der Waals surface area contributed by atoms with Gasteiger partial charge in [-0.2, -0.15) is 0 Å². The van der Waals surface area contributed by atoms with Crippen LogP contribution in [0, 0.1) is 0 Å². The monoisotopic (exact) mass is 308 g/mol. The molecule has 2 heterocycles. The summed E-state index contributed by atoms with van der Waals surface area (Å²) in [5.74, 6) is 0.173. The number of carbonyl (C=O) groups is 1. The molecule has 5 nitrogen and oxygen atoms in total. The lowest BCUT2D eigenvalue weighted by atomic mass is 9.93. The number of thiazole rings is 1. The van der Waals surface area contributed by atoms with E-state index in [1.54, 1.807) is 18.5 Å². The van der Waals surface area contributed by atoms with Gasteiger partial charge in [-0.1, -0.05) is 32.5 Å². The van der Waals surface area contributed by atoms with Crippen molar-refractivity contribution in [3.8, 4) is 0 Å². The quantitative estimate of drug-likeness (QED) is 0.695. The molecule has 0 bridgehead atoms. The first-order valence-electron chi connectivity index (χ1n) is 6.11. The normalized spacial score (nSPS) is 11.3. The van der Waals surface area contributed by atoms with Crippen LogP contribution in [-0.4, -0.2) is 26.6 Å². The molecule has 0 fully saturated rings. The largest absolute Gasteiger partial charge is 0.301 e. The Bertz CT molecular complexity index is 578. The summed E-state index contributed by atoms with van der Waals surface area (Å²) >= 11 is 2.75. The number of hydrogen-bond acceptors (Lipinski definition) is 6. The van der Waals surface area contributed by atoms with Gasteiger partial charge in [0.05, 0.1) is 11.4 Å². The summed E-state index contributed by atoms with van der Waals surface area (Å²) in [5, 5.41) is 6.00. The Kier molecular flexibility index (Phi) is 4.72. The maximum atomic E-state index is 11.8. The molecule has 0 saturated carbocycles. The summed E-state index contributed by atoms with van der Waals surface area (Å²) in [5.41, 5.74) is 0.975. The Morgan fingerprint density at radius 3 is 2.65 bits per heavy atom. The van der Waals surface area contributed by atoms with Crippen LogP contribution in [0.5, 0.6) is 0 Å². The van der Waals surface area contributed by atoms with E-state index in [2.05, 4.69) is 41.0 Å². The lowest BCUT2D eigenvalue weighted by Gasteiger charge is -2.14. The number of amides is 1. The predicted octanol–water partition coefficient (Wildman–Crippen LogP) is 2.96. The highest BCUT2D eigenvalue weighted by atomic mass is 32.2. The number of carbonyl (C=O) groups excluding carboxylic acids is 1. The van der Waals surface area contributed by atoms with E-state index in [9.17, 15) is 4.79 Å². The van der Waals surface area contributed by atoms with Crippen LogP contribution < -0.4 is 5.32 Å². The number of rotatable bonds is 4. The van der Waals surface area contributed by atoms with Gasteiger partial charge in [0.1, 0.15) is 0 Å². The molecule has 7 heteroatoms. The first-order chi connectivity index (χ1) is 9.45. The van der Waals surface area contributed by atoms with Crippen molar-refractivity contribution in [2.75, 3.05) is 11.1 Å². The summed E-state index contributed by atoms with van der Waals surface area (Å²) < 4.78 is 0. The van der Waals surface area contributed by atoms with Gasteiger partial charge >= 0.3 is 0 Å². The number of nitrogens with one attached hydrogen (secondary N) is 1. The average molecular weight is 308 g/mol. The van der Waals surface area contributed by atoms with Crippen LogP contribution in [0.2, 0.25) is 0 Å². The third-order valence-electron chi connectivity index (χ3n) is 2.39. The Morgan fingerprint density at radius 1 is 1.35 bits per heavy atom. The van der Waals surface area contributed by atoms with Gasteiger partial charge in [0.15, 0.2) is 10.3 Å². The van der Waals surface area contributed by atoms with Gasteiger partial charge in [0, 0.05) is 23.2 Å². The second-order valence-corrected chi connectivity index (χ2v) is 6.96. The van der Waals surface area contributed by atoms with Crippen molar-refractivity contribution < 1.29 is 4.79 Å². The zero-order valence-electron chi connectivity index (χ0n) is 11.6. The first kappa shape index (κ1) is 14.9. The third-order valence-corrected chi connectivity index (χ3v) is 4.03. The van der Waals surface area contributed by atoms with Gasteiger partial charge in [0.2, 0.25) is 5.91 Å². The molecule has 2 aromatic heterocycles. The van der Waals surface area contributed by atoms with E-state index in [0.717, 1.165) is 5.69 Å². The van der Waals surface area contributed by atoms with Gasteiger partial charge < -0.3 is 5.32 Å². The van der Waals surface area contributed by atoms with E-state index in [1.165, 1.54) is 23.1 Å². The summed E-state index contributed by atoms with van der Waals surface area (Å²) in [7, 11) is 0. The van der Waals surface area contributed by atoms with Gasteiger partial charge in [-0.05, 0) is 6.07 Å². The minimum Gasteiger partial charge on any atom is -0.301 e. The van der Waals surface area contributed by atoms with E-state index < -0.39 is 0 Å². The molecule has 2 rings (SSSR count). The second kappa shape index (κ2) is 6.32. The molecular weight excluding hydrogens is 292 g/mol. The number of nitrogens with zero attached hydrogens (tertiary/aromatic N) is 3. The fourth-order valence-corrected chi connectivity index (χ4v) is 2.88. The lowest BCUT2D eigenvalue weighted by molar-refractivity contribution is -0.113. The fraction of sp³-hybridized carbons (Fsp3) is 0.385. The van der Waals surface area contributed by atoms with Gasteiger partial charge in [-0.3, -0.25) is 4.79 Å². The Hall–Kier alpha value is -1.47. The summed E-state index contributed by atoms with van der Waals surface area (Å²) in [6.45, 7) is 6.28. The van der Waals surface area contributed by atoms with Crippen LogP contribution in [0.4, 0.5) is 5.13 Å². The second-order valence-electron chi connectivity index (χ2n) is 5.16. The Balaban J connectivity index is 1.87. The highest BCUT2D eigenvalue weighted by Crippen LogP contribution is 2.26. The third kappa shape index (κ3) is 4.28. The van der Waals surface area contributed by atoms with E-state index in [4.69, 9.17) is 0 Å². The van der Waals surface area contributed by atoms with E-state index in [0.29, 0.717) is 10.3 Å². The fourth-order valence-electron chi connectivity index (χ4n) is 1.32. The molecule has 20 heavy (non-hydrogen) atoms. The molecule has 1 N–H and O–H groups in total. The molecule has 106 valence electrons. The standard InChI is InChI=1S/C13H16N4OS2/c1-13(2,3)9-7-19-12(16-9)17-10(18)8-20-11-14-5-4-6-15-11/h4-7H,8H2,1-3H3,(H,16,17,18). The molecule has 0 saturated heterocycles. The van der Waals surface area contributed by atoms with Crippen molar-refractivity contribution in [1.29, 1.82) is 0 Å². The van der Waals surface area contributed by atoms with Crippen LogP contribution in [0.3, 0.4) is 0 Å². The number of aromatic nitrogens is 3. The molecule has 0 aliphatic rings. The maximum absolute atomic E-state index is 11.8. The molecule has 0 aromatic carbocycles. The van der Waals surface area contributed by atoms with Crippen LogP contribution in [0.15, 0.2) is 29.0 Å². The van der Waals surface area contributed by atoms with Crippen LogP contribution in [-0.2, 0) is 10.2 Å². The molecule has 0 aliphatic heterocycles. The van der Waals surface area contributed by atoms with Gasteiger partial charge in [-0.15, -0.1) is 11.3 Å². The lowest BCUT2D eigenvalue weighted by Crippen LogP contribution is -2.15. The molecule has 1 amide bonds. The van der Waals surface area contributed by atoms with Crippen LogP contribution >= 0.6 is 23.1 Å². The summed E-state index contributed by atoms with van der Waals surface area (Å²) in [6, 6.07) is 1.74. The molecule has 0 unspecified atom stereocenters. The Morgan fingerprint density at radius 2 is 2.05 bits per heavy atom. The smallest absolute Gasteiger partial charge is 0.236 e. The van der Waals surface area contributed by atoms with Crippen molar-refractivity contribution in [2.24, 2.45) is 0 Å².